The number of halogens is 1. The van der Waals surface area contributed by atoms with Crippen molar-refractivity contribution < 1.29 is 14.0 Å². The first-order valence-electron chi connectivity index (χ1n) is 8.65. The highest BCUT2D eigenvalue weighted by atomic mass is 19.1. The van der Waals surface area contributed by atoms with Gasteiger partial charge in [0.2, 0.25) is 11.8 Å². The fourth-order valence-electron chi connectivity index (χ4n) is 3.49. The van der Waals surface area contributed by atoms with E-state index in [9.17, 15) is 14.0 Å². The zero-order chi connectivity index (χ0) is 18.1. The molecule has 0 bridgehead atoms. The van der Waals surface area contributed by atoms with Gasteiger partial charge in [0.1, 0.15) is 18.7 Å². The van der Waals surface area contributed by atoms with E-state index in [2.05, 4.69) is 15.5 Å². The highest BCUT2D eigenvalue weighted by molar-refractivity contribution is 5.83. The van der Waals surface area contributed by atoms with Crippen molar-refractivity contribution in [3.63, 3.8) is 0 Å². The number of carbonyl (C=O) groups excluding carboxylic acids is 2. The number of hydrogen-bond acceptors (Lipinski definition) is 5. The summed E-state index contributed by atoms with van der Waals surface area (Å²) in [7, 11) is 0. The fourth-order valence-corrected chi connectivity index (χ4v) is 3.49. The van der Waals surface area contributed by atoms with Gasteiger partial charge in [0, 0.05) is 32.1 Å². The van der Waals surface area contributed by atoms with E-state index in [0.29, 0.717) is 38.2 Å². The van der Waals surface area contributed by atoms with Crippen molar-refractivity contribution >= 4 is 11.8 Å². The molecule has 2 aromatic rings. The highest BCUT2D eigenvalue weighted by Crippen LogP contribution is 2.49. The number of aromatic nitrogens is 4. The number of benzene rings is 1. The lowest BCUT2D eigenvalue weighted by Gasteiger charge is -2.35. The summed E-state index contributed by atoms with van der Waals surface area (Å²) in [5.74, 6) is -0.421. The number of rotatable bonds is 4. The van der Waals surface area contributed by atoms with Crippen molar-refractivity contribution in [1.29, 1.82) is 0 Å². The van der Waals surface area contributed by atoms with Crippen molar-refractivity contribution in [2.75, 3.05) is 26.2 Å². The normalized spacial score (nSPS) is 22.3. The van der Waals surface area contributed by atoms with Crippen LogP contribution in [0.3, 0.4) is 0 Å². The van der Waals surface area contributed by atoms with Crippen LogP contribution in [0, 0.1) is 11.7 Å². The molecule has 26 heavy (non-hydrogen) atoms. The van der Waals surface area contributed by atoms with E-state index in [4.69, 9.17) is 0 Å². The van der Waals surface area contributed by atoms with E-state index < -0.39 is 0 Å². The molecule has 136 valence electrons. The van der Waals surface area contributed by atoms with Gasteiger partial charge in [-0.15, -0.1) is 5.10 Å². The summed E-state index contributed by atoms with van der Waals surface area (Å²) in [6, 6.07) is 6.64. The second kappa shape index (κ2) is 6.81. The molecule has 9 heteroatoms. The standard InChI is InChI=1S/C17H19FN6O2/c18-15-4-2-1-3-12(15)13-9-14(13)17(26)23-7-5-22(6-8-23)16(25)10-24-11-19-20-21-24/h1-4,11,13-14H,5-10H2. The van der Waals surface area contributed by atoms with Gasteiger partial charge in [-0.3, -0.25) is 9.59 Å². The molecule has 2 fully saturated rings. The quantitative estimate of drug-likeness (QED) is 0.784. The first-order valence-corrected chi connectivity index (χ1v) is 8.65. The first kappa shape index (κ1) is 16.6. The molecule has 1 saturated heterocycles. The minimum Gasteiger partial charge on any atom is -0.339 e. The molecule has 2 aliphatic rings. The van der Waals surface area contributed by atoms with Gasteiger partial charge in [-0.2, -0.15) is 0 Å². The molecule has 0 radical (unpaired) electrons. The van der Waals surface area contributed by atoms with E-state index in [1.807, 2.05) is 0 Å². The van der Waals surface area contributed by atoms with E-state index in [0.717, 1.165) is 0 Å². The average Bonchev–Trinajstić information content (AvgIpc) is 3.29. The summed E-state index contributed by atoms with van der Waals surface area (Å²) < 4.78 is 15.2. The molecule has 1 aliphatic heterocycles. The number of nitrogens with zero attached hydrogens (tertiary/aromatic N) is 6. The Bertz CT molecular complexity index is 803. The summed E-state index contributed by atoms with van der Waals surface area (Å²) in [5, 5.41) is 10.7. The highest BCUT2D eigenvalue weighted by Gasteiger charge is 2.47. The monoisotopic (exact) mass is 358 g/mol. The van der Waals surface area contributed by atoms with Gasteiger partial charge in [-0.1, -0.05) is 18.2 Å². The summed E-state index contributed by atoms with van der Waals surface area (Å²) >= 11 is 0. The topological polar surface area (TPSA) is 84.2 Å². The maximum absolute atomic E-state index is 13.9. The fraction of sp³-hybridized carbons (Fsp3) is 0.471. The Morgan fingerprint density at radius 3 is 2.54 bits per heavy atom. The average molecular weight is 358 g/mol. The molecular weight excluding hydrogens is 339 g/mol. The van der Waals surface area contributed by atoms with Crippen LogP contribution >= 0.6 is 0 Å². The largest absolute Gasteiger partial charge is 0.339 e. The van der Waals surface area contributed by atoms with E-state index in [-0.39, 0.29) is 36.0 Å². The zero-order valence-corrected chi connectivity index (χ0v) is 14.2. The maximum Gasteiger partial charge on any atom is 0.244 e. The van der Waals surface area contributed by atoms with Crippen LogP contribution in [0.1, 0.15) is 17.9 Å². The lowest BCUT2D eigenvalue weighted by Crippen LogP contribution is -2.51. The van der Waals surface area contributed by atoms with Crippen molar-refractivity contribution in [2.24, 2.45) is 5.92 Å². The summed E-state index contributed by atoms with van der Waals surface area (Å²) in [5.41, 5.74) is 0.626. The number of hydrogen-bond donors (Lipinski definition) is 0. The van der Waals surface area contributed by atoms with Gasteiger partial charge in [-0.25, -0.2) is 9.07 Å². The molecule has 2 heterocycles. The van der Waals surface area contributed by atoms with Crippen LogP contribution in [-0.2, 0) is 16.1 Å². The minimum absolute atomic E-state index is 0.0248. The van der Waals surface area contributed by atoms with Crippen LogP contribution in [0.15, 0.2) is 30.6 Å². The third-order valence-corrected chi connectivity index (χ3v) is 5.05. The molecule has 0 spiro atoms. The molecule has 0 N–H and O–H groups in total. The summed E-state index contributed by atoms with van der Waals surface area (Å²) in [4.78, 5) is 28.4. The maximum atomic E-state index is 13.9. The van der Waals surface area contributed by atoms with Gasteiger partial charge >= 0.3 is 0 Å². The molecule has 1 aromatic heterocycles. The number of tetrazole rings is 1. The van der Waals surface area contributed by atoms with Crippen molar-refractivity contribution in [2.45, 2.75) is 18.9 Å². The number of amides is 2. The second-order valence-electron chi connectivity index (χ2n) is 6.68. The molecule has 2 amide bonds. The third kappa shape index (κ3) is 3.29. The van der Waals surface area contributed by atoms with Crippen molar-refractivity contribution in [3.05, 3.63) is 42.0 Å². The molecule has 8 nitrogen and oxygen atoms in total. The van der Waals surface area contributed by atoms with Crippen molar-refractivity contribution in [1.82, 2.24) is 30.0 Å². The minimum atomic E-state index is -0.245. The van der Waals surface area contributed by atoms with Crippen LogP contribution in [0.4, 0.5) is 4.39 Å². The van der Waals surface area contributed by atoms with E-state index >= 15 is 0 Å². The predicted molar refractivity (Wildman–Crippen MR) is 88.2 cm³/mol. The van der Waals surface area contributed by atoms with E-state index in [1.165, 1.54) is 17.1 Å². The zero-order valence-electron chi connectivity index (χ0n) is 14.2. The summed E-state index contributed by atoms with van der Waals surface area (Å²) in [6.07, 6.45) is 2.09. The van der Waals surface area contributed by atoms with Crippen LogP contribution in [-0.4, -0.2) is 68.0 Å². The predicted octanol–water partition coefficient (Wildman–Crippen LogP) is 0.287. The Hall–Kier alpha value is -2.84. The van der Waals surface area contributed by atoms with Crippen LogP contribution in [0.2, 0.25) is 0 Å². The Labute approximate surface area is 149 Å². The van der Waals surface area contributed by atoms with Crippen LogP contribution in [0.25, 0.3) is 0 Å². The number of carbonyl (C=O) groups is 2. The van der Waals surface area contributed by atoms with Crippen molar-refractivity contribution in [3.8, 4) is 0 Å². The van der Waals surface area contributed by atoms with Gasteiger partial charge in [0.25, 0.3) is 0 Å². The molecular formula is C17H19FN6O2. The Morgan fingerprint density at radius 1 is 1.12 bits per heavy atom. The Morgan fingerprint density at radius 2 is 1.85 bits per heavy atom. The Kier molecular flexibility index (Phi) is 4.36. The van der Waals surface area contributed by atoms with Gasteiger partial charge < -0.3 is 9.80 Å². The lowest BCUT2D eigenvalue weighted by molar-refractivity contribution is -0.140. The van der Waals surface area contributed by atoms with Crippen LogP contribution < -0.4 is 0 Å². The molecule has 2 unspecified atom stereocenters. The van der Waals surface area contributed by atoms with Gasteiger partial charge in [0.15, 0.2) is 0 Å². The van der Waals surface area contributed by atoms with Gasteiger partial charge in [0.05, 0.1) is 0 Å². The van der Waals surface area contributed by atoms with Crippen LogP contribution in [0.5, 0.6) is 0 Å². The molecule has 1 saturated carbocycles. The first-order chi connectivity index (χ1) is 12.6. The van der Waals surface area contributed by atoms with E-state index in [1.54, 1.807) is 28.0 Å². The lowest BCUT2D eigenvalue weighted by atomic mass is 10.1. The second-order valence-corrected chi connectivity index (χ2v) is 6.68. The molecule has 4 rings (SSSR count). The third-order valence-electron chi connectivity index (χ3n) is 5.05. The smallest absolute Gasteiger partial charge is 0.244 e. The SMILES string of the molecule is O=C(Cn1cnnn1)N1CCN(C(=O)C2CC2c2ccccc2F)CC1. The molecule has 2 atom stereocenters. The van der Waals surface area contributed by atoms with Gasteiger partial charge in [-0.05, 0) is 34.4 Å². The molecule has 1 aliphatic carbocycles. The summed E-state index contributed by atoms with van der Waals surface area (Å²) in [6.45, 7) is 2.08. The number of piperazine rings is 1. The molecule has 1 aromatic carbocycles. The Balaban J connectivity index is 1.29.